The van der Waals surface area contributed by atoms with E-state index in [1.807, 2.05) is 6.92 Å². The van der Waals surface area contributed by atoms with Crippen molar-refractivity contribution in [3.8, 4) is 5.75 Å². The Morgan fingerprint density at radius 1 is 1.05 bits per heavy atom. The molecule has 0 amide bonds. The van der Waals surface area contributed by atoms with Gasteiger partial charge in [0, 0.05) is 19.4 Å². The predicted molar refractivity (Wildman–Crippen MR) is 68.5 cm³/mol. The van der Waals surface area contributed by atoms with Crippen LogP contribution in [0.15, 0.2) is 24.3 Å². The Labute approximate surface area is 112 Å². The van der Waals surface area contributed by atoms with Gasteiger partial charge < -0.3 is 14.2 Å². The normalized spacial score (nSPS) is 10.1. The van der Waals surface area contributed by atoms with Gasteiger partial charge in [-0.05, 0) is 30.7 Å². The number of benzene rings is 1. The van der Waals surface area contributed by atoms with Crippen LogP contribution in [0.5, 0.6) is 5.75 Å². The van der Waals surface area contributed by atoms with Gasteiger partial charge in [0.1, 0.15) is 5.75 Å². The van der Waals surface area contributed by atoms with E-state index in [1.54, 1.807) is 24.3 Å². The van der Waals surface area contributed by atoms with E-state index in [9.17, 15) is 9.59 Å². The van der Waals surface area contributed by atoms with E-state index in [1.165, 1.54) is 13.8 Å². The van der Waals surface area contributed by atoms with Crippen LogP contribution in [0.4, 0.5) is 0 Å². The molecular weight excluding hydrogens is 248 g/mol. The van der Waals surface area contributed by atoms with Crippen molar-refractivity contribution in [3.63, 3.8) is 0 Å². The molecule has 0 saturated carbocycles. The molecule has 0 aromatic heterocycles. The van der Waals surface area contributed by atoms with Crippen molar-refractivity contribution in [1.29, 1.82) is 0 Å². The molecule has 0 aliphatic carbocycles. The highest BCUT2D eigenvalue weighted by Crippen LogP contribution is 2.22. The lowest BCUT2D eigenvalue weighted by Crippen LogP contribution is -2.14. The van der Waals surface area contributed by atoms with Crippen molar-refractivity contribution in [2.75, 3.05) is 6.61 Å². The largest absolute Gasteiger partial charge is 0.494 e. The number of ether oxygens (including phenoxy) is 3. The summed E-state index contributed by atoms with van der Waals surface area (Å²) < 4.78 is 15.3. The van der Waals surface area contributed by atoms with E-state index >= 15 is 0 Å². The molecule has 0 saturated heterocycles. The van der Waals surface area contributed by atoms with Crippen LogP contribution in [0, 0.1) is 0 Å². The lowest BCUT2D eigenvalue weighted by atomic mass is 10.2. The number of carbonyl (C=O) groups excluding carboxylic acids is 2. The van der Waals surface area contributed by atoms with Gasteiger partial charge in [-0.15, -0.1) is 0 Å². The van der Waals surface area contributed by atoms with Gasteiger partial charge in [-0.2, -0.15) is 0 Å². The number of hydrogen-bond donors (Lipinski definition) is 0. The smallest absolute Gasteiger partial charge is 0.305 e. The Morgan fingerprint density at radius 2 is 1.58 bits per heavy atom. The molecule has 0 fully saturated rings. The first-order valence-corrected chi connectivity index (χ1v) is 6.10. The molecule has 5 heteroatoms. The molecule has 5 nitrogen and oxygen atoms in total. The van der Waals surface area contributed by atoms with Gasteiger partial charge in [0.2, 0.25) is 0 Å². The maximum absolute atomic E-state index is 11.0. The van der Waals surface area contributed by atoms with Crippen molar-refractivity contribution >= 4 is 11.9 Å². The van der Waals surface area contributed by atoms with E-state index < -0.39 is 18.2 Å². The van der Waals surface area contributed by atoms with Crippen molar-refractivity contribution in [1.82, 2.24) is 0 Å². The summed E-state index contributed by atoms with van der Waals surface area (Å²) in [6.07, 6.45) is -0.0964. The van der Waals surface area contributed by atoms with Crippen LogP contribution in [0.3, 0.4) is 0 Å². The van der Waals surface area contributed by atoms with E-state index in [0.29, 0.717) is 12.2 Å². The molecule has 0 aliphatic rings. The quantitative estimate of drug-likeness (QED) is 0.585. The highest BCUT2D eigenvalue weighted by molar-refractivity contribution is 5.68. The van der Waals surface area contributed by atoms with Crippen molar-refractivity contribution in [2.24, 2.45) is 0 Å². The lowest BCUT2D eigenvalue weighted by Gasteiger charge is -2.17. The zero-order chi connectivity index (χ0) is 14.3. The van der Waals surface area contributed by atoms with Gasteiger partial charge in [-0.3, -0.25) is 9.59 Å². The second kappa shape index (κ2) is 7.41. The Bertz CT molecular complexity index is 408. The molecule has 0 N–H and O–H groups in total. The van der Waals surface area contributed by atoms with Crippen molar-refractivity contribution in [2.45, 2.75) is 33.5 Å². The van der Waals surface area contributed by atoms with Crippen molar-refractivity contribution in [3.05, 3.63) is 29.8 Å². The molecule has 0 radical (unpaired) electrons. The van der Waals surface area contributed by atoms with Gasteiger partial charge in [0.25, 0.3) is 6.29 Å². The topological polar surface area (TPSA) is 61.8 Å². The summed E-state index contributed by atoms with van der Waals surface area (Å²) in [5.41, 5.74) is 0.578. The number of esters is 2. The molecule has 104 valence electrons. The maximum atomic E-state index is 11.0. The summed E-state index contributed by atoms with van der Waals surface area (Å²) in [5.74, 6) is -0.315. The summed E-state index contributed by atoms with van der Waals surface area (Å²) >= 11 is 0. The van der Waals surface area contributed by atoms with Gasteiger partial charge in [-0.25, -0.2) is 0 Å². The third-order valence-corrected chi connectivity index (χ3v) is 2.17. The highest BCUT2D eigenvalue weighted by atomic mass is 16.7. The summed E-state index contributed by atoms with van der Waals surface area (Å²) in [6, 6.07) is 6.87. The molecule has 0 aliphatic heterocycles. The van der Waals surface area contributed by atoms with Gasteiger partial charge in [-0.1, -0.05) is 6.92 Å². The Morgan fingerprint density at radius 3 is 2.00 bits per heavy atom. The first-order chi connectivity index (χ1) is 9.02. The third-order valence-electron chi connectivity index (χ3n) is 2.17. The summed E-state index contributed by atoms with van der Waals surface area (Å²) in [4.78, 5) is 22.0. The van der Waals surface area contributed by atoms with Crippen LogP contribution >= 0.6 is 0 Å². The first kappa shape index (κ1) is 15.0. The van der Waals surface area contributed by atoms with E-state index in [2.05, 4.69) is 0 Å². The Balaban J connectivity index is 2.77. The Kier molecular flexibility index (Phi) is 5.85. The second-order valence-electron chi connectivity index (χ2n) is 3.97. The van der Waals surface area contributed by atoms with Crippen LogP contribution in [0.25, 0.3) is 0 Å². The monoisotopic (exact) mass is 266 g/mol. The molecule has 0 heterocycles. The third kappa shape index (κ3) is 5.42. The average Bonchev–Trinajstić information content (AvgIpc) is 2.35. The summed E-state index contributed by atoms with van der Waals surface area (Å²) in [7, 11) is 0. The Hall–Kier alpha value is -2.04. The summed E-state index contributed by atoms with van der Waals surface area (Å²) in [6.45, 7) is 5.17. The molecule has 1 aromatic carbocycles. The number of carbonyl (C=O) groups is 2. The summed E-state index contributed by atoms with van der Waals surface area (Å²) in [5, 5.41) is 0. The molecule has 19 heavy (non-hydrogen) atoms. The van der Waals surface area contributed by atoms with E-state index in [0.717, 1.165) is 12.2 Å². The zero-order valence-corrected chi connectivity index (χ0v) is 11.3. The van der Waals surface area contributed by atoms with Crippen LogP contribution in [0.2, 0.25) is 0 Å². The standard InChI is InChI=1S/C14H18O5/c1-4-9-17-13-7-5-12(6-8-13)14(18-10(2)15)19-11(3)16/h5-8,14H,4,9H2,1-3H3. The minimum Gasteiger partial charge on any atom is -0.494 e. The van der Waals surface area contributed by atoms with Crippen LogP contribution < -0.4 is 4.74 Å². The fourth-order valence-corrected chi connectivity index (χ4v) is 1.40. The molecule has 0 bridgehead atoms. The van der Waals surface area contributed by atoms with E-state index in [-0.39, 0.29) is 0 Å². The van der Waals surface area contributed by atoms with Crippen LogP contribution in [-0.4, -0.2) is 18.5 Å². The number of rotatable bonds is 6. The lowest BCUT2D eigenvalue weighted by molar-refractivity contribution is -0.186. The van der Waals surface area contributed by atoms with Crippen molar-refractivity contribution < 1.29 is 23.8 Å². The molecule has 1 rings (SSSR count). The second-order valence-corrected chi connectivity index (χ2v) is 3.97. The number of hydrogen-bond acceptors (Lipinski definition) is 5. The predicted octanol–water partition coefficient (Wildman–Crippen LogP) is 2.60. The fraction of sp³-hybridized carbons (Fsp3) is 0.429. The minimum absolute atomic E-state index is 0.516. The SMILES string of the molecule is CCCOc1ccc(C(OC(C)=O)OC(C)=O)cc1. The maximum Gasteiger partial charge on any atom is 0.305 e. The van der Waals surface area contributed by atoms with Gasteiger partial charge in [0.05, 0.1) is 6.61 Å². The van der Waals surface area contributed by atoms with Crippen LogP contribution in [-0.2, 0) is 19.1 Å². The fourth-order valence-electron chi connectivity index (χ4n) is 1.40. The first-order valence-electron chi connectivity index (χ1n) is 6.10. The average molecular weight is 266 g/mol. The van der Waals surface area contributed by atoms with Crippen LogP contribution in [0.1, 0.15) is 39.0 Å². The molecule has 0 spiro atoms. The van der Waals surface area contributed by atoms with Gasteiger partial charge in [0.15, 0.2) is 0 Å². The van der Waals surface area contributed by atoms with Gasteiger partial charge >= 0.3 is 11.9 Å². The highest BCUT2D eigenvalue weighted by Gasteiger charge is 2.17. The van der Waals surface area contributed by atoms with E-state index in [4.69, 9.17) is 14.2 Å². The molecule has 1 aromatic rings. The minimum atomic E-state index is -1.02. The molecule has 0 atom stereocenters. The molecule has 0 unspecified atom stereocenters. The molecular formula is C14H18O5. The zero-order valence-electron chi connectivity index (χ0n) is 11.3.